The van der Waals surface area contributed by atoms with Gasteiger partial charge < -0.3 is 19.7 Å². The summed E-state index contributed by atoms with van der Waals surface area (Å²) in [6.45, 7) is 4.42. The molecular formula is C17H25N3O5S. The first-order chi connectivity index (χ1) is 12.4. The lowest BCUT2D eigenvalue weighted by molar-refractivity contribution is -0.140. The summed E-state index contributed by atoms with van der Waals surface area (Å²) in [5.41, 5.74) is 0. The number of hydrogen-bond donors (Lipinski definition) is 1. The Labute approximate surface area is 154 Å². The molecule has 0 saturated carbocycles. The van der Waals surface area contributed by atoms with Gasteiger partial charge in [-0.25, -0.2) is 8.42 Å². The van der Waals surface area contributed by atoms with E-state index in [1.165, 1.54) is 23.5 Å². The number of methoxy groups -OCH3 is 1. The summed E-state index contributed by atoms with van der Waals surface area (Å²) < 4.78 is 37.5. The summed E-state index contributed by atoms with van der Waals surface area (Å²) in [5, 5.41) is 3.18. The number of benzene rings is 1. The topological polar surface area (TPSA) is 88.2 Å². The first kappa shape index (κ1) is 19.1. The summed E-state index contributed by atoms with van der Waals surface area (Å²) in [6.07, 6.45) is -0.183. The van der Waals surface area contributed by atoms with Gasteiger partial charge in [0.25, 0.3) is 0 Å². The average Bonchev–Trinajstić information content (AvgIpc) is 2.68. The van der Waals surface area contributed by atoms with E-state index in [1.54, 1.807) is 17.0 Å². The third-order valence-electron chi connectivity index (χ3n) is 4.83. The van der Waals surface area contributed by atoms with E-state index in [2.05, 4.69) is 5.32 Å². The lowest BCUT2D eigenvalue weighted by Crippen LogP contribution is -2.60. The number of piperazine rings is 1. The second-order valence-corrected chi connectivity index (χ2v) is 8.35. The molecule has 0 aliphatic carbocycles. The van der Waals surface area contributed by atoms with E-state index in [9.17, 15) is 13.2 Å². The fourth-order valence-corrected chi connectivity index (χ4v) is 4.67. The number of carbonyl (C=O) groups excluding carboxylic acids is 1. The number of ether oxygens (including phenoxy) is 2. The highest BCUT2D eigenvalue weighted by Gasteiger charge is 2.35. The quantitative estimate of drug-likeness (QED) is 0.782. The van der Waals surface area contributed by atoms with Crippen LogP contribution in [0.1, 0.15) is 6.92 Å². The van der Waals surface area contributed by atoms with Crippen LogP contribution in [0.25, 0.3) is 0 Å². The van der Waals surface area contributed by atoms with Crippen LogP contribution < -0.4 is 10.1 Å². The average molecular weight is 383 g/mol. The number of carbonyl (C=O) groups is 1. The van der Waals surface area contributed by atoms with Crippen LogP contribution in [0.15, 0.2) is 29.2 Å². The van der Waals surface area contributed by atoms with E-state index in [0.717, 1.165) is 0 Å². The van der Waals surface area contributed by atoms with Crippen molar-refractivity contribution in [2.45, 2.75) is 24.0 Å². The molecule has 2 aliphatic rings. The highest BCUT2D eigenvalue weighted by Crippen LogP contribution is 2.21. The van der Waals surface area contributed by atoms with Crippen molar-refractivity contribution in [3.05, 3.63) is 24.3 Å². The fraction of sp³-hybridized carbons (Fsp3) is 0.588. The second kappa shape index (κ2) is 7.91. The molecule has 1 amide bonds. The lowest BCUT2D eigenvalue weighted by atomic mass is 10.1. The van der Waals surface area contributed by atoms with E-state index in [4.69, 9.17) is 9.47 Å². The maximum absolute atomic E-state index is 12.8. The van der Waals surface area contributed by atoms with Crippen molar-refractivity contribution in [2.75, 3.05) is 46.4 Å². The van der Waals surface area contributed by atoms with Gasteiger partial charge in [-0.05, 0) is 31.2 Å². The molecular weight excluding hydrogens is 358 g/mol. The molecule has 1 N–H and O–H groups in total. The Morgan fingerprint density at radius 3 is 2.42 bits per heavy atom. The summed E-state index contributed by atoms with van der Waals surface area (Å²) in [7, 11) is -2.04. The van der Waals surface area contributed by atoms with Gasteiger partial charge in [0.15, 0.2) is 0 Å². The van der Waals surface area contributed by atoms with Crippen LogP contribution in [0.4, 0.5) is 0 Å². The van der Waals surface area contributed by atoms with Crippen molar-refractivity contribution in [1.29, 1.82) is 0 Å². The zero-order chi connectivity index (χ0) is 18.7. The molecule has 0 aromatic heterocycles. The molecule has 0 bridgehead atoms. The van der Waals surface area contributed by atoms with Crippen LogP contribution in [0.3, 0.4) is 0 Å². The minimum absolute atomic E-state index is 0.0290. The van der Waals surface area contributed by atoms with Crippen molar-refractivity contribution in [3.63, 3.8) is 0 Å². The Morgan fingerprint density at radius 2 is 1.85 bits per heavy atom. The number of sulfonamides is 1. The number of hydrogen-bond acceptors (Lipinski definition) is 6. The van der Waals surface area contributed by atoms with Crippen LogP contribution in [0.5, 0.6) is 5.75 Å². The minimum Gasteiger partial charge on any atom is -0.497 e. The Bertz CT molecular complexity index is 729. The Morgan fingerprint density at radius 1 is 1.19 bits per heavy atom. The molecule has 9 heteroatoms. The van der Waals surface area contributed by atoms with Gasteiger partial charge in [-0.3, -0.25) is 4.79 Å². The number of rotatable bonds is 4. The smallest absolute Gasteiger partial charge is 0.243 e. The number of nitrogens with zero attached hydrogens (tertiary/aromatic N) is 2. The Balaban J connectivity index is 1.62. The highest BCUT2D eigenvalue weighted by molar-refractivity contribution is 7.89. The first-order valence-electron chi connectivity index (χ1n) is 8.71. The summed E-state index contributed by atoms with van der Waals surface area (Å²) in [5.74, 6) is 0.578. The molecule has 26 heavy (non-hydrogen) atoms. The minimum atomic E-state index is -3.57. The molecule has 2 fully saturated rings. The van der Waals surface area contributed by atoms with Gasteiger partial charge in [0.05, 0.1) is 24.7 Å². The molecule has 0 radical (unpaired) electrons. The lowest BCUT2D eigenvalue weighted by Gasteiger charge is -2.38. The monoisotopic (exact) mass is 383 g/mol. The van der Waals surface area contributed by atoms with Crippen LogP contribution in [0, 0.1) is 0 Å². The summed E-state index contributed by atoms with van der Waals surface area (Å²) >= 11 is 0. The first-order valence-corrected chi connectivity index (χ1v) is 10.2. The van der Waals surface area contributed by atoms with Gasteiger partial charge in [0, 0.05) is 32.7 Å². The SMILES string of the molecule is COc1ccc(S(=O)(=O)N2CCN(C(=O)[C@H]3NCCO[C@@H]3C)CC2)cc1. The zero-order valence-electron chi connectivity index (χ0n) is 15.1. The largest absolute Gasteiger partial charge is 0.497 e. The molecule has 0 unspecified atom stereocenters. The van der Waals surface area contributed by atoms with Crippen LogP contribution in [-0.2, 0) is 19.6 Å². The third kappa shape index (κ3) is 3.85. The van der Waals surface area contributed by atoms with E-state index in [-0.39, 0.29) is 36.0 Å². The molecule has 3 rings (SSSR count). The molecule has 1 aromatic carbocycles. The van der Waals surface area contributed by atoms with E-state index >= 15 is 0 Å². The second-order valence-electron chi connectivity index (χ2n) is 6.41. The zero-order valence-corrected chi connectivity index (χ0v) is 15.9. The Kier molecular flexibility index (Phi) is 5.81. The number of nitrogens with one attached hydrogen (secondary N) is 1. The van der Waals surface area contributed by atoms with Gasteiger partial charge >= 0.3 is 0 Å². The van der Waals surface area contributed by atoms with Crippen LogP contribution in [0.2, 0.25) is 0 Å². The number of amides is 1. The molecule has 8 nitrogen and oxygen atoms in total. The predicted molar refractivity (Wildman–Crippen MR) is 95.5 cm³/mol. The maximum atomic E-state index is 12.8. The van der Waals surface area contributed by atoms with Crippen molar-refractivity contribution in [1.82, 2.24) is 14.5 Å². The molecule has 2 heterocycles. The van der Waals surface area contributed by atoms with E-state index < -0.39 is 10.0 Å². The molecule has 2 aliphatic heterocycles. The third-order valence-corrected chi connectivity index (χ3v) is 6.74. The van der Waals surface area contributed by atoms with Crippen LogP contribution in [-0.4, -0.2) is 82.1 Å². The molecule has 2 saturated heterocycles. The van der Waals surface area contributed by atoms with Gasteiger partial charge in [-0.2, -0.15) is 4.31 Å². The highest BCUT2D eigenvalue weighted by atomic mass is 32.2. The van der Waals surface area contributed by atoms with Gasteiger partial charge in [-0.1, -0.05) is 0 Å². The van der Waals surface area contributed by atoms with E-state index in [1.807, 2.05) is 6.92 Å². The standard InChI is InChI=1S/C17H25N3O5S/c1-13-16(18-7-12-25-13)17(21)19-8-10-20(11-9-19)26(22,23)15-5-3-14(24-2)4-6-15/h3-6,13,16,18H,7-12H2,1-2H3/t13-,16+/m1/s1. The van der Waals surface area contributed by atoms with Crippen molar-refractivity contribution in [2.24, 2.45) is 0 Å². The predicted octanol–water partition coefficient (Wildman–Crippen LogP) is -0.0950. The summed E-state index contributed by atoms with van der Waals surface area (Å²) in [6, 6.07) is 5.97. The number of morpholine rings is 1. The van der Waals surface area contributed by atoms with Crippen molar-refractivity contribution < 1.29 is 22.7 Å². The fourth-order valence-electron chi connectivity index (χ4n) is 3.25. The van der Waals surface area contributed by atoms with Gasteiger partial charge in [-0.15, -0.1) is 0 Å². The maximum Gasteiger partial charge on any atom is 0.243 e. The van der Waals surface area contributed by atoms with Crippen molar-refractivity contribution in [3.8, 4) is 5.75 Å². The Hall–Kier alpha value is -1.68. The molecule has 144 valence electrons. The molecule has 2 atom stereocenters. The summed E-state index contributed by atoms with van der Waals surface area (Å²) in [4.78, 5) is 14.6. The van der Waals surface area contributed by atoms with Gasteiger partial charge in [0.2, 0.25) is 15.9 Å². The van der Waals surface area contributed by atoms with Crippen LogP contribution >= 0.6 is 0 Å². The molecule has 0 spiro atoms. The molecule has 1 aromatic rings. The normalized spacial score (nSPS) is 25.1. The van der Waals surface area contributed by atoms with Gasteiger partial charge in [0.1, 0.15) is 11.8 Å². The van der Waals surface area contributed by atoms with Crippen molar-refractivity contribution >= 4 is 15.9 Å². The van der Waals surface area contributed by atoms with E-state index in [0.29, 0.717) is 32.0 Å².